The van der Waals surface area contributed by atoms with Crippen molar-refractivity contribution in [2.24, 2.45) is 0 Å². The maximum atomic E-state index is 10.9. The third kappa shape index (κ3) is 3.52. The predicted octanol–water partition coefficient (Wildman–Crippen LogP) is 3.23. The number of carbonyl (C=O) groups is 1. The number of fused-ring (bicyclic) bond motifs is 1. The molecule has 0 saturated carbocycles. The Balaban J connectivity index is 2.33. The maximum absolute atomic E-state index is 10.9. The van der Waals surface area contributed by atoms with Crippen molar-refractivity contribution in [1.29, 1.82) is 0 Å². The molecule has 2 aromatic rings. The average Bonchev–Trinajstić information content (AvgIpc) is 2.45. The first-order valence-corrected chi connectivity index (χ1v) is 7.18. The summed E-state index contributed by atoms with van der Waals surface area (Å²) in [7, 11) is 0. The molecule has 4 nitrogen and oxygen atoms in total. The second kappa shape index (κ2) is 6.59. The van der Waals surface area contributed by atoms with Crippen molar-refractivity contribution >= 4 is 16.7 Å². The van der Waals surface area contributed by atoms with Crippen molar-refractivity contribution in [1.82, 2.24) is 4.90 Å². The van der Waals surface area contributed by atoms with Crippen LogP contribution in [0.1, 0.15) is 25.8 Å². The van der Waals surface area contributed by atoms with Gasteiger partial charge in [0.2, 0.25) is 0 Å². The minimum Gasteiger partial charge on any atom is -0.508 e. The largest absolute Gasteiger partial charge is 0.508 e. The highest BCUT2D eigenvalue weighted by atomic mass is 16.4. The molecule has 1 atom stereocenters. The van der Waals surface area contributed by atoms with Gasteiger partial charge < -0.3 is 10.2 Å². The molecule has 0 amide bonds. The summed E-state index contributed by atoms with van der Waals surface area (Å²) in [5.41, 5.74) is 0.854. The Morgan fingerprint density at radius 2 is 1.95 bits per heavy atom. The minimum atomic E-state index is -0.803. The molecule has 0 saturated heterocycles. The number of aliphatic carboxylic acids is 1. The van der Waals surface area contributed by atoms with Gasteiger partial charge >= 0.3 is 5.97 Å². The normalized spacial score (nSPS) is 12.7. The molecule has 4 heteroatoms. The van der Waals surface area contributed by atoms with Gasteiger partial charge in [-0.3, -0.25) is 9.69 Å². The van der Waals surface area contributed by atoms with Crippen LogP contribution in [0.4, 0.5) is 0 Å². The number of nitrogens with zero attached hydrogens (tertiary/aromatic N) is 1. The Morgan fingerprint density at radius 3 is 2.62 bits per heavy atom. The van der Waals surface area contributed by atoms with E-state index in [2.05, 4.69) is 4.90 Å². The third-order valence-corrected chi connectivity index (χ3v) is 3.88. The number of carboxylic acids is 1. The molecule has 0 bridgehead atoms. The van der Waals surface area contributed by atoms with E-state index in [0.717, 1.165) is 22.9 Å². The van der Waals surface area contributed by atoms with Gasteiger partial charge in [-0.2, -0.15) is 0 Å². The lowest BCUT2D eigenvalue weighted by atomic mass is 10.0. The Kier molecular flexibility index (Phi) is 4.81. The first-order valence-electron chi connectivity index (χ1n) is 7.18. The van der Waals surface area contributed by atoms with Crippen LogP contribution in [0.3, 0.4) is 0 Å². The van der Waals surface area contributed by atoms with Gasteiger partial charge in [0.05, 0.1) is 6.42 Å². The van der Waals surface area contributed by atoms with Crippen LogP contribution in [0.25, 0.3) is 10.8 Å². The van der Waals surface area contributed by atoms with Crippen LogP contribution in [-0.4, -0.2) is 33.7 Å². The van der Waals surface area contributed by atoms with Crippen LogP contribution in [-0.2, 0) is 11.3 Å². The highest BCUT2D eigenvalue weighted by molar-refractivity contribution is 5.87. The summed E-state index contributed by atoms with van der Waals surface area (Å²) in [5.74, 6) is -0.544. The van der Waals surface area contributed by atoms with Crippen molar-refractivity contribution in [3.63, 3.8) is 0 Å². The fourth-order valence-electron chi connectivity index (χ4n) is 2.65. The Labute approximate surface area is 124 Å². The van der Waals surface area contributed by atoms with Crippen molar-refractivity contribution in [3.05, 3.63) is 42.0 Å². The van der Waals surface area contributed by atoms with Gasteiger partial charge in [-0.05, 0) is 30.3 Å². The van der Waals surface area contributed by atoms with E-state index in [9.17, 15) is 9.90 Å². The van der Waals surface area contributed by atoms with E-state index in [4.69, 9.17) is 5.11 Å². The van der Waals surface area contributed by atoms with Gasteiger partial charge in [-0.15, -0.1) is 0 Å². The second-order valence-electron chi connectivity index (χ2n) is 5.29. The van der Waals surface area contributed by atoms with Crippen LogP contribution >= 0.6 is 0 Å². The minimum absolute atomic E-state index is 0.0779. The number of carboxylic acid groups (broad SMARTS) is 1. The molecule has 0 heterocycles. The number of phenolic OH excluding ortho intramolecular Hbond substituents is 1. The highest BCUT2D eigenvalue weighted by Gasteiger charge is 2.18. The van der Waals surface area contributed by atoms with E-state index in [1.807, 2.05) is 44.2 Å². The zero-order valence-corrected chi connectivity index (χ0v) is 12.4. The average molecular weight is 287 g/mol. The summed E-state index contributed by atoms with van der Waals surface area (Å²) in [4.78, 5) is 13.0. The van der Waals surface area contributed by atoms with Gasteiger partial charge in [0, 0.05) is 18.2 Å². The van der Waals surface area contributed by atoms with E-state index >= 15 is 0 Å². The summed E-state index contributed by atoms with van der Waals surface area (Å²) >= 11 is 0. The van der Waals surface area contributed by atoms with E-state index in [-0.39, 0.29) is 18.2 Å². The first kappa shape index (κ1) is 15.3. The molecule has 2 aromatic carbocycles. The number of phenols is 1. The predicted molar refractivity (Wildman–Crippen MR) is 83.4 cm³/mol. The zero-order valence-electron chi connectivity index (χ0n) is 12.4. The molecule has 0 aliphatic rings. The van der Waals surface area contributed by atoms with Crippen molar-refractivity contribution < 1.29 is 15.0 Å². The molecule has 0 aromatic heterocycles. The molecular weight excluding hydrogens is 266 g/mol. The Hall–Kier alpha value is -2.07. The SMILES string of the molecule is CCN(Cc1c(O)ccc2ccccc12)C(C)CC(=O)O. The number of benzene rings is 2. The van der Waals surface area contributed by atoms with Gasteiger partial charge in [0.15, 0.2) is 0 Å². The lowest BCUT2D eigenvalue weighted by Gasteiger charge is -2.27. The number of hydrogen-bond acceptors (Lipinski definition) is 3. The highest BCUT2D eigenvalue weighted by Crippen LogP contribution is 2.29. The lowest BCUT2D eigenvalue weighted by Crippen LogP contribution is -2.34. The molecule has 112 valence electrons. The summed E-state index contributed by atoms with van der Waals surface area (Å²) in [6.45, 7) is 5.18. The number of hydrogen-bond donors (Lipinski definition) is 2. The summed E-state index contributed by atoms with van der Waals surface area (Å²) < 4.78 is 0. The second-order valence-corrected chi connectivity index (χ2v) is 5.29. The van der Waals surface area contributed by atoms with Crippen LogP contribution in [0.5, 0.6) is 5.75 Å². The van der Waals surface area contributed by atoms with Crippen LogP contribution < -0.4 is 0 Å². The number of aromatic hydroxyl groups is 1. The molecule has 2 rings (SSSR count). The quantitative estimate of drug-likeness (QED) is 0.856. The van der Waals surface area contributed by atoms with Gasteiger partial charge in [0.25, 0.3) is 0 Å². The molecule has 0 spiro atoms. The molecule has 0 aliphatic heterocycles. The molecule has 1 unspecified atom stereocenters. The maximum Gasteiger partial charge on any atom is 0.304 e. The Morgan fingerprint density at radius 1 is 1.24 bits per heavy atom. The van der Waals surface area contributed by atoms with Gasteiger partial charge in [0.1, 0.15) is 5.75 Å². The zero-order chi connectivity index (χ0) is 15.4. The van der Waals surface area contributed by atoms with Crippen LogP contribution in [0.15, 0.2) is 36.4 Å². The molecular formula is C17H21NO3. The molecule has 21 heavy (non-hydrogen) atoms. The van der Waals surface area contributed by atoms with Gasteiger partial charge in [-0.1, -0.05) is 37.3 Å². The van der Waals surface area contributed by atoms with E-state index in [1.54, 1.807) is 6.07 Å². The summed E-state index contributed by atoms with van der Waals surface area (Å²) in [6.07, 6.45) is 0.0966. The Bertz CT molecular complexity index is 639. The molecule has 0 radical (unpaired) electrons. The van der Waals surface area contributed by atoms with E-state index in [0.29, 0.717) is 6.54 Å². The first-order chi connectivity index (χ1) is 10.0. The molecule has 2 N–H and O–H groups in total. The van der Waals surface area contributed by atoms with Gasteiger partial charge in [-0.25, -0.2) is 0 Å². The topological polar surface area (TPSA) is 60.8 Å². The van der Waals surface area contributed by atoms with E-state index < -0.39 is 5.97 Å². The van der Waals surface area contributed by atoms with Crippen LogP contribution in [0, 0.1) is 0 Å². The fourth-order valence-corrected chi connectivity index (χ4v) is 2.65. The third-order valence-electron chi connectivity index (χ3n) is 3.88. The summed E-state index contributed by atoms with van der Waals surface area (Å²) in [6, 6.07) is 11.4. The molecule has 0 aliphatic carbocycles. The smallest absolute Gasteiger partial charge is 0.304 e. The van der Waals surface area contributed by atoms with Crippen LogP contribution in [0.2, 0.25) is 0 Å². The van der Waals surface area contributed by atoms with Crippen molar-refractivity contribution in [2.45, 2.75) is 32.9 Å². The monoisotopic (exact) mass is 287 g/mol. The standard InChI is InChI=1S/C17H21NO3/c1-3-18(12(2)10-17(20)21)11-15-14-7-5-4-6-13(14)8-9-16(15)19/h4-9,12,19H,3,10-11H2,1-2H3,(H,20,21). The molecule has 0 fully saturated rings. The number of rotatable bonds is 6. The summed E-state index contributed by atoms with van der Waals surface area (Å²) in [5, 5.41) is 21.2. The fraction of sp³-hybridized carbons (Fsp3) is 0.353. The van der Waals surface area contributed by atoms with Crippen molar-refractivity contribution in [2.75, 3.05) is 6.54 Å². The van der Waals surface area contributed by atoms with Crippen molar-refractivity contribution in [3.8, 4) is 5.75 Å². The van der Waals surface area contributed by atoms with E-state index in [1.165, 1.54) is 0 Å². The lowest BCUT2D eigenvalue weighted by molar-refractivity contribution is -0.138.